The van der Waals surface area contributed by atoms with Crippen molar-refractivity contribution in [2.24, 2.45) is 0 Å². The summed E-state index contributed by atoms with van der Waals surface area (Å²) in [6.07, 6.45) is 3.31. The molecule has 1 aliphatic carbocycles. The average Bonchev–Trinajstić information content (AvgIpc) is 3.68. The Morgan fingerprint density at radius 2 is 1.86 bits per heavy atom. The van der Waals surface area contributed by atoms with Crippen molar-refractivity contribution in [1.82, 2.24) is 4.31 Å². The summed E-state index contributed by atoms with van der Waals surface area (Å²) in [5, 5.41) is 0. The summed E-state index contributed by atoms with van der Waals surface area (Å²) < 4.78 is 47.6. The van der Waals surface area contributed by atoms with E-state index in [1.807, 2.05) is 61.7 Å². The molecule has 3 aromatic carbocycles. The molecule has 8 heteroatoms. The summed E-state index contributed by atoms with van der Waals surface area (Å²) in [7, 11) is -3.82. The van der Waals surface area contributed by atoms with Gasteiger partial charge >= 0.3 is 0 Å². The summed E-state index contributed by atoms with van der Waals surface area (Å²) in [6.45, 7) is 2.99. The highest BCUT2D eigenvalue weighted by Crippen LogP contribution is 2.43. The van der Waals surface area contributed by atoms with Crippen LogP contribution in [0.15, 0.2) is 76.5 Å². The molecule has 1 unspecified atom stereocenters. The molecule has 0 radical (unpaired) electrons. The van der Waals surface area contributed by atoms with Gasteiger partial charge in [-0.25, -0.2) is 8.42 Å². The Morgan fingerprint density at radius 1 is 1.06 bits per heavy atom. The van der Waals surface area contributed by atoms with Gasteiger partial charge in [-0.1, -0.05) is 36.4 Å². The second-order valence-corrected chi connectivity index (χ2v) is 11.5. The van der Waals surface area contributed by atoms with E-state index >= 15 is 0 Å². The van der Waals surface area contributed by atoms with Crippen LogP contribution in [-0.4, -0.2) is 44.3 Å². The van der Waals surface area contributed by atoms with Crippen LogP contribution in [0.1, 0.15) is 24.0 Å². The number of nitrogens with zero attached hydrogens (tertiary/aromatic N) is 1. The van der Waals surface area contributed by atoms with Crippen LogP contribution < -0.4 is 9.47 Å². The molecule has 1 fully saturated rings. The number of rotatable bonds is 8. The Bertz CT molecular complexity index is 1290. The first-order valence-corrected chi connectivity index (χ1v) is 14.4. The van der Waals surface area contributed by atoms with Crippen molar-refractivity contribution in [3.05, 3.63) is 77.9 Å². The lowest BCUT2D eigenvalue weighted by atomic mass is 10.2. The monoisotopic (exact) mass is 511 g/mol. The van der Waals surface area contributed by atoms with Crippen molar-refractivity contribution in [3.8, 4) is 17.2 Å². The van der Waals surface area contributed by atoms with Crippen molar-refractivity contribution < 1.29 is 22.6 Å². The van der Waals surface area contributed by atoms with E-state index in [2.05, 4.69) is 0 Å². The number of hydrogen-bond donors (Lipinski definition) is 0. The van der Waals surface area contributed by atoms with Gasteiger partial charge in [0.05, 0.1) is 19.8 Å². The molecular weight excluding hydrogens is 482 g/mol. The lowest BCUT2D eigenvalue weighted by Crippen LogP contribution is -2.40. The highest BCUT2D eigenvalue weighted by molar-refractivity contribution is 7.98. The van der Waals surface area contributed by atoms with Crippen LogP contribution in [0, 0.1) is 6.92 Å². The molecule has 184 valence electrons. The molecule has 1 heterocycles. The Hall–Kier alpha value is -2.52. The molecule has 35 heavy (non-hydrogen) atoms. The topological polar surface area (TPSA) is 65.1 Å². The molecule has 3 aromatic rings. The third kappa shape index (κ3) is 5.35. The number of sulfonamides is 1. The third-order valence-electron chi connectivity index (χ3n) is 6.15. The Balaban J connectivity index is 1.43. The molecule has 5 rings (SSSR count). The van der Waals surface area contributed by atoms with Gasteiger partial charge in [0, 0.05) is 10.9 Å². The maximum absolute atomic E-state index is 13.8. The maximum Gasteiger partial charge on any atom is 0.250 e. The molecule has 0 amide bonds. The Labute approximate surface area is 211 Å². The van der Waals surface area contributed by atoms with Gasteiger partial charge in [0.15, 0.2) is 10.6 Å². The standard InChI is InChI=1S/C27H29NO5S2/c1-19-15-22(13-14-26(19)34-2)32-24-9-6-10-25-27(24)35(29,30)28(21-11-12-21)16-23(33-25)18-31-17-20-7-4-3-5-8-20/h3-10,13-15,21,23H,11-12,16-18H2,1-2H3. The van der Waals surface area contributed by atoms with Gasteiger partial charge in [-0.15, -0.1) is 11.8 Å². The van der Waals surface area contributed by atoms with Crippen LogP contribution in [0.3, 0.4) is 0 Å². The van der Waals surface area contributed by atoms with E-state index in [0.717, 1.165) is 28.9 Å². The summed E-state index contributed by atoms with van der Waals surface area (Å²) >= 11 is 1.66. The quantitative estimate of drug-likeness (QED) is 0.365. The first kappa shape index (κ1) is 24.2. The van der Waals surface area contributed by atoms with Crippen LogP contribution in [-0.2, 0) is 21.4 Å². The molecule has 0 bridgehead atoms. The zero-order valence-corrected chi connectivity index (χ0v) is 21.5. The molecular formula is C27H29NO5S2. The molecule has 1 aliphatic heterocycles. The van der Waals surface area contributed by atoms with Gasteiger partial charge in [-0.2, -0.15) is 4.31 Å². The zero-order valence-electron chi connectivity index (χ0n) is 19.8. The molecule has 1 saturated carbocycles. The Morgan fingerprint density at radius 3 is 2.57 bits per heavy atom. The second-order valence-electron chi connectivity index (χ2n) is 8.86. The minimum Gasteiger partial charge on any atom is -0.485 e. The van der Waals surface area contributed by atoms with E-state index in [9.17, 15) is 8.42 Å². The number of hydrogen-bond acceptors (Lipinski definition) is 6. The molecule has 0 N–H and O–H groups in total. The lowest BCUT2D eigenvalue weighted by Gasteiger charge is -2.23. The van der Waals surface area contributed by atoms with Crippen molar-refractivity contribution in [3.63, 3.8) is 0 Å². The first-order chi connectivity index (χ1) is 17.0. The van der Waals surface area contributed by atoms with Crippen molar-refractivity contribution >= 4 is 21.8 Å². The van der Waals surface area contributed by atoms with Crippen molar-refractivity contribution in [2.75, 3.05) is 19.4 Å². The van der Waals surface area contributed by atoms with E-state index in [4.69, 9.17) is 14.2 Å². The SMILES string of the molecule is CSc1ccc(Oc2cccc3c2S(=O)(=O)N(C2CC2)CC(COCc2ccccc2)O3)cc1C. The summed E-state index contributed by atoms with van der Waals surface area (Å²) in [5.74, 6) is 1.17. The van der Waals surface area contributed by atoms with Gasteiger partial charge in [0.1, 0.15) is 17.6 Å². The van der Waals surface area contributed by atoms with Gasteiger partial charge < -0.3 is 14.2 Å². The highest BCUT2D eigenvalue weighted by Gasteiger charge is 2.44. The third-order valence-corrected chi connectivity index (χ3v) is 9.03. The predicted molar refractivity (Wildman–Crippen MR) is 137 cm³/mol. The van der Waals surface area contributed by atoms with E-state index in [1.54, 1.807) is 34.3 Å². The van der Waals surface area contributed by atoms with Crippen LogP contribution in [0.4, 0.5) is 0 Å². The largest absolute Gasteiger partial charge is 0.485 e. The number of benzene rings is 3. The molecule has 0 saturated heterocycles. The number of aryl methyl sites for hydroxylation is 1. The van der Waals surface area contributed by atoms with Gasteiger partial charge in [0.25, 0.3) is 10.0 Å². The van der Waals surface area contributed by atoms with E-state index in [0.29, 0.717) is 18.1 Å². The second kappa shape index (κ2) is 10.2. The molecule has 1 atom stereocenters. The minimum absolute atomic E-state index is 0.0117. The van der Waals surface area contributed by atoms with Crippen LogP contribution in [0.25, 0.3) is 0 Å². The molecule has 0 aromatic heterocycles. The van der Waals surface area contributed by atoms with E-state index in [1.165, 1.54) is 0 Å². The summed E-state index contributed by atoms with van der Waals surface area (Å²) in [4.78, 5) is 1.24. The van der Waals surface area contributed by atoms with Crippen LogP contribution in [0.5, 0.6) is 17.2 Å². The fourth-order valence-corrected chi connectivity index (χ4v) is 6.79. The normalized spacial score (nSPS) is 19.4. The number of fused-ring (bicyclic) bond motifs is 1. The average molecular weight is 512 g/mol. The fraction of sp³-hybridized carbons (Fsp3) is 0.333. The van der Waals surface area contributed by atoms with Crippen molar-refractivity contribution in [1.29, 1.82) is 0 Å². The summed E-state index contributed by atoms with van der Waals surface area (Å²) in [5.41, 5.74) is 2.14. The Kier molecular flexibility index (Phi) is 7.07. The molecule has 0 spiro atoms. The first-order valence-electron chi connectivity index (χ1n) is 11.7. The number of thioether (sulfide) groups is 1. The molecule has 6 nitrogen and oxygen atoms in total. The lowest BCUT2D eigenvalue weighted by molar-refractivity contribution is 0.0334. The minimum atomic E-state index is -3.82. The van der Waals surface area contributed by atoms with Crippen LogP contribution in [0.2, 0.25) is 0 Å². The van der Waals surface area contributed by atoms with Gasteiger partial charge in [-0.3, -0.25) is 0 Å². The van der Waals surface area contributed by atoms with Gasteiger partial charge in [-0.05, 0) is 67.5 Å². The fourth-order valence-electron chi connectivity index (χ4n) is 4.27. The smallest absolute Gasteiger partial charge is 0.250 e. The highest BCUT2D eigenvalue weighted by atomic mass is 32.2. The van der Waals surface area contributed by atoms with Crippen molar-refractivity contribution in [2.45, 2.75) is 48.3 Å². The van der Waals surface area contributed by atoms with Gasteiger partial charge in [0.2, 0.25) is 0 Å². The zero-order chi connectivity index (χ0) is 24.4. The maximum atomic E-state index is 13.8. The van der Waals surface area contributed by atoms with E-state index in [-0.39, 0.29) is 29.8 Å². The van der Waals surface area contributed by atoms with Crippen LogP contribution >= 0.6 is 11.8 Å². The van der Waals surface area contributed by atoms with E-state index < -0.39 is 16.1 Å². The number of ether oxygens (including phenoxy) is 3. The predicted octanol–water partition coefficient (Wildman–Crippen LogP) is 5.64. The molecule has 2 aliphatic rings. The summed E-state index contributed by atoms with van der Waals surface area (Å²) in [6, 6.07) is 20.8.